The van der Waals surface area contributed by atoms with E-state index in [1.807, 2.05) is 11.8 Å². The molecule has 19 heavy (non-hydrogen) atoms. The van der Waals surface area contributed by atoms with E-state index >= 15 is 0 Å². The molecule has 0 heterocycles. The highest BCUT2D eigenvalue weighted by molar-refractivity contribution is 5.79. The Hall–Kier alpha value is -0.610. The number of aliphatic hydroxyl groups excluding tert-OH is 1. The fourth-order valence-corrected chi connectivity index (χ4v) is 3.46. The Morgan fingerprint density at radius 3 is 2.53 bits per heavy atom. The molecule has 2 saturated carbocycles. The number of rotatable bonds is 5. The number of hydrogen-bond acceptors (Lipinski definition) is 3. The highest BCUT2D eigenvalue weighted by atomic mass is 16.3. The first-order chi connectivity index (χ1) is 9.13. The largest absolute Gasteiger partial charge is 0.395 e. The predicted molar refractivity (Wildman–Crippen MR) is 75.5 cm³/mol. The summed E-state index contributed by atoms with van der Waals surface area (Å²) in [5, 5.41) is 9.17. The van der Waals surface area contributed by atoms with E-state index < -0.39 is 0 Å². The van der Waals surface area contributed by atoms with Crippen LogP contribution < -0.4 is 5.73 Å². The monoisotopic (exact) mass is 268 g/mol. The van der Waals surface area contributed by atoms with Crippen molar-refractivity contribution >= 4 is 5.91 Å². The minimum absolute atomic E-state index is 0.0542. The molecule has 0 radical (unpaired) electrons. The third-order valence-corrected chi connectivity index (χ3v) is 4.99. The summed E-state index contributed by atoms with van der Waals surface area (Å²) in [7, 11) is 0. The van der Waals surface area contributed by atoms with Crippen LogP contribution in [0, 0.1) is 11.8 Å². The number of carbonyl (C=O) groups excluding carboxylic acids is 1. The molecule has 3 unspecified atom stereocenters. The quantitative estimate of drug-likeness (QED) is 0.794. The van der Waals surface area contributed by atoms with Crippen LogP contribution in [0.5, 0.6) is 0 Å². The van der Waals surface area contributed by atoms with Crippen molar-refractivity contribution in [3.63, 3.8) is 0 Å². The molecule has 0 bridgehead atoms. The van der Waals surface area contributed by atoms with E-state index in [1.165, 1.54) is 6.42 Å². The van der Waals surface area contributed by atoms with E-state index in [0.29, 0.717) is 18.5 Å². The third kappa shape index (κ3) is 3.48. The SMILES string of the molecule is CC(C(=O)N(CCO)C1CCC1)C1CCCC(N)C1. The molecule has 0 aromatic rings. The molecule has 1 amide bonds. The number of carbonyl (C=O) groups is 1. The lowest BCUT2D eigenvalue weighted by molar-refractivity contribution is -0.142. The maximum Gasteiger partial charge on any atom is 0.226 e. The summed E-state index contributed by atoms with van der Waals surface area (Å²) < 4.78 is 0. The number of nitrogens with zero attached hydrogens (tertiary/aromatic N) is 1. The zero-order chi connectivity index (χ0) is 13.8. The zero-order valence-electron chi connectivity index (χ0n) is 12.1. The zero-order valence-corrected chi connectivity index (χ0v) is 12.1. The standard InChI is InChI=1S/C15H28N2O2/c1-11(12-4-2-5-13(16)10-12)15(19)17(8-9-18)14-6-3-7-14/h11-14,18H,2-10,16H2,1H3. The number of aliphatic hydroxyl groups is 1. The van der Waals surface area contributed by atoms with Gasteiger partial charge in [-0.3, -0.25) is 4.79 Å². The fourth-order valence-electron chi connectivity index (χ4n) is 3.46. The number of hydrogen-bond donors (Lipinski definition) is 2. The summed E-state index contributed by atoms with van der Waals surface area (Å²) in [6, 6.07) is 0.642. The van der Waals surface area contributed by atoms with Gasteiger partial charge in [-0.2, -0.15) is 0 Å². The normalized spacial score (nSPS) is 29.6. The smallest absolute Gasteiger partial charge is 0.226 e. The molecular weight excluding hydrogens is 240 g/mol. The van der Waals surface area contributed by atoms with Crippen LogP contribution >= 0.6 is 0 Å². The molecule has 2 aliphatic rings. The van der Waals surface area contributed by atoms with Crippen LogP contribution in [-0.2, 0) is 4.79 Å². The lowest BCUT2D eigenvalue weighted by atomic mass is 9.77. The van der Waals surface area contributed by atoms with Gasteiger partial charge in [0.2, 0.25) is 5.91 Å². The molecule has 0 spiro atoms. The minimum Gasteiger partial charge on any atom is -0.395 e. The van der Waals surface area contributed by atoms with Crippen LogP contribution in [0.25, 0.3) is 0 Å². The van der Waals surface area contributed by atoms with Crippen molar-refractivity contribution in [1.82, 2.24) is 4.90 Å². The number of nitrogens with two attached hydrogens (primary N) is 1. The van der Waals surface area contributed by atoms with Crippen molar-refractivity contribution in [1.29, 1.82) is 0 Å². The van der Waals surface area contributed by atoms with Gasteiger partial charge in [-0.1, -0.05) is 13.3 Å². The average Bonchev–Trinajstić information content (AvgIpc) is 2.34. The van der Waals surface area contributed by atoms with Crippen molar-refractivity contribution in [2.75, 3.05) is 13.2 Å². The lowest BCUT2D eigenvalue weighted by Gasteiger charge is -2.40. The highest BCUT2D eigenvalue weighted by Crippen LogP contribution is 2.32. The number of amides is 1. The van der Waals surface area contributed by atoms with Crippen LogP contribution in [0.2, 0.25) is 0 Å². The molecule has 0 aromatic heterocycles. The van der Waals surface area contributed by atoms with E-state index in [1.54, 1.807) is 0 Å². The van der Waals surface area contributed by atoms with Gasteiger partial charge < -0.3 is 15.7 Å². The Morgan fingerprint density at radius 2 is 2.00 bits per heavy atom. The summed E-state index contributed by atoms with van der Waals surface area (Å²) in [6.07, 6.45) is 7.75. The van der Waals surface area contributed by atoms with Crippen LogP contribution in [0.15, 0.2) is 0 Å². The molecule has 0 aromatic carbocycles. The molecule has 4 nitrogen and oxygen atoms in total. The maximum atomic E-state index is 12.6. The Labute approximate surface area is 116 Å². The van der Waals surface area contributed by atoms with Gasteiger partial charge in [0, 0.05) is 24.5 Å². The van der Waals surface area contributed by atoms with E-state index in [2.05, 4.69) is 0 Å². The first kappa shape index (κ1) is 14.8. The van der Waals surface area contributed by atoms with Crippen molar-refractivity contribution in [2.45, 2.75) is 64.0 Å². The Morgan fingerprint density at radius 1 is 1.32 bits per heavy atom. The predicted octanol–water partition coefficient (Wildman–Crippen LogP) is 1.51. The third-order valence-electron chi connectivity index (χ3n) is 4.99. The molecule has 0 aliphatic heterocycles. The topological polar surface area (TPSA) is 66.6 Å². The molecule has 110 valence electrons. The summed E-state index contributed by atoms with van der Waals surface area (Å²) in [5.74, 6) is 0.717. The second-order valence-electron chi connectivity index (χ2n) is 6.32. The second kappa shape index (κ2) is 6.71. The minimum atomic E-state index is 0.0542. The molecule has 2 aliphatic carbocycles. The van der Waals surface area contributed by atoms with Gasteiger partial charge in [0.1, 0.15) is 0 Å². The van der Waals surface area contributed by atoms with Gasteiger partial charge in [0.25, 0.3) is 0 Å². The summed E-state index contributed by atoms with van der Waals surface area (Å²) in [4.78, 5) is 14.6. The van der Waals surface area contributed by atoms with Crippen LogP contribution in [0.4, 0.5) is 0 Å². The molecular formula is C15H28N2O2. The first-order valence-electron chi connectivity index (χ1n) is 7.80. The Bertz CT molecular complexity index is 305. The molecule has 3 N–H and O–H groups in total. The van der Waals surface area contributed by atoms with Gasteiger partial charge in [0.05, 0.1) is 6.61 Å². The van der Waals surface area contributed by atoms with E-state index in [9.17, 15) is 9.90 Å². The van der Waals surface area contributed by atoms with Crippen molar-refractivity contribution in [3.05, 3.63) is 0 Å². The van der Waals surface area contributed by atoms with Crippen LogP contribution in [0.1, 0.15) is 51.9 Å². The van der Waals surface area contributed by atoms with E-state index in [0.717, 1.165) is 38.5 Å². The van der Waals surface area contributed by atoms with Crippen molar-refractivity contribution < 1.29 is 9.90 Å². The maximum absolute atomic E-state index is 12.6. The Kier molecular flexibility index (Phi) is 5.22. The first-order valence-corrected chi connectivity index (χ1v) is 7.80. The highest BCUT2D eigenvalue weighted by Gasteiger charge is 2.35. The van der Waals surface area contributed by atoms with E-state index in [4.69, 9.17) is 5.73 Å². The van der Waals surface area contributed by atoms with Gasteiger partial charge >= 0.3 is 0 Å². The van der Waals surface area contributed by atoms with Crippen molar-refractivity contribution in [2.24, 2.45) is 17.6 Å². The second-order valence-corrected chi connectivity index (χ2v) is 6.32. The van der Waals surface area contributed by atoms with E-state index in [-0.39, 0.29) is 24.5 Å². The molecule has 4 heteroatoms. The molecule has 3 atom stereocenters. The van der Waals surface area contributed by atoms with Gasteiger partial charge in [0.15, 0.2) is 0 Å². The van der Waals surface area contributed by atoms with Gasteiger partial charge in [-0.05, 0) is 44.4 Å². The summed E-state index contributed by atoms with van der Waals surface area (Å²) >= 11 is 0. The fraction of sp³-hybridized carbons (Fsp3) is 0.933. The average molecular weight is 268 g/mol. The Balaban J connectivity index is 1.95. The summed E-state index contributed by atoms with van der Waals surface area (Å²) in [6.45, 7) is 2.61. The van der Waals surface area contributed by atoms with Crippen LogP contribution in [-0.4, -0.2) is 41.1 Å². The van der Waals surface area contributed by atoms with Gasteiger partial charge in [-0.15, -0.1) is 0 Å². The molecule has 2 fully saturated rings. The van der Waals surface area contributed by atoms with Crippen molar-refractivity contribution in [3.8, 4) is 0 Å². The molecule has 2 rings (SSSR count). The molecule has 0 saturated heterocycles. The van der Waals surface area contributed by atoms with Gasteiger partial charge in [-0.25, -0.2) is 0 Å². The van der Waals surface area contributed by atoms with Crippen LogP contribution in [0.3, 0.4) is 0 Å². The lowest BCUT2D eigenvalue weighted by Crippen LogP contribution is -2.49. The summed E-state index contributed by atoms with van der Waals surface area (Å²) in [5.41, 5.74) is 6.03.